The molecule has 3 aliphatic rings. The molecule has 0 aromatic heterocycles. The van der Waals surface area contributed by atoms with Gasteiger partial charge in [-0.05, 0) is 38.5 Å². The molecule has 108 valence electrons. The Kier molecular flexibility index (Phi) is 4.08. The number of nitrogens with zero attached hydrogens (tertiary/aromatic N) is 2. The van der Waals surface area contributed by atoms with Crippen molar-refractivity contribution in [3.8, 4) is 0 Å². The molecule has 19 heavy (non-hydrogen) atoms. The van der Waals surface area contributed by atoms with Gasteiger partial charge in [0.1, 0.15) is 0 Å². The molecular formula is C15H26N2O2. The molecular weight excluding hydrogens is 240 g/mol. The first-order chi connectivity index (χ1) is 9.29. The summed E-state index contributed by atoms with van der Waals surface area (Å²) < 4.78 is 0. The van der Waals surface area contributed by atoms with Crippen LogP contribution in [0.5, 0.6) is 0 Å². The zero-order valence-electron chi connectivity index (χ0n) is 11.8. The van der Waals surface area contributed by atoms with Crippen molar-refractivity contribution in [2.45, 2.75) is 69.5 Å². The van der Waals surface area contributed by atoms with Crippen LogP contribution in [-0.4, -0.2) is 58.6 Å². The maximum Gasteiger partial charge on any atom is 0.237 e. The molecule has 0 aromatic rings. The molecule has 1 amide bonds. The summed E-state index contributed by atoms with van der Waals surface area (Å²) in [7, 11) is 0. The third kappa shape index (κ3) is 3.29. The van der Waals surface area contributed by atoms with Gasteiger partial charge < -0.3 is 10.0 Å². The van der Waals surface area contributed by atoms with Crippen molar-refractivity contribution < 1.29 is 9.90 Å². The molecule has 0 saturated heterocycles. The maximum absolute atomic E-state index is 12.6. The van der Waals surface area contributed by atoms with Crippen LogP contribution in [0, 0.1) is 0 Å². The van der Waals surface area contributed by atoms with Gasteiger partial charge in [-0.25, -0.2) is 0 Å². The molecule has 3 fully saturated rings. The quantitative estimate of drug-likeness (QED) is 0.757. The summed E-state index contributed by atoms with van der Waals surface area (Å²) in [5.41, 5.74) is 0. The number of aliphatic hydroxyl groups is 1. The molecule has 0 atom stereocenters. The van der Waals surface area contributed by atoms with Gasteiger partial charge >= 0.3 is 0 Å². The molecule has 4 nitrogen and oxygen atoms in total. The molecule has 3 rings (SSSR count). The number of aliphatic hydroxyl groups excluding tert-OH is 1. The highest BCUT2D eigenvalue weighted by Gasteiger charge is 2.39. The molecule has 4 heteroatoms. The molecule has 0 aliphatic heterocycles. The van der Waals surface area contributed by atoms with Gasteiger partial charge in [-0.15, -0.1) is 0 Å². The zero-order valence-corrected chi connectivity index (χ0v) is 11.8. The Morgan fingerprint density at radius 1 is 0.947 bits per heavy atom. The molecule has 0 aromatic carbocycles. The Bertz CT molecular complexity index is 320. The summed E-state index contributed by atoms with van der Waals surface area (Å²) in [5, 5.41) is 9.13. The van der Waals surface area contributed by atoms with Crippen molar-refractivity contribution >= 4 is 5.91 Å². The number of hydrogen-bond acceptors (Lipinski definition) is 3. The van der Waals surface area contributed by atoms with Gasteiger partial charge in [0.15, 0.2) is 0 Å². The smallest absolute Gasteiger partial charge is 0.237 e. The van der Waals surface area contributed by atoms with Gasteiger partial charge in [-0.2, -0.15) is 0 Å². The van der Waals surface area contributed by atoms with E-state index in [-0.39, 0.29) is 6.61 Å². The lowest BCUT2D eigenvalue weighted by atomic mass is 10.2. The van der Waals surface area contributed by atoms with Gasteiger partial charge in [-0.3, -0.25) is 9.69 Å². The summed E-state index contributed by atoms with van der Waals surface area (Å²) in [6, 6.07) is 1.60. The Hall–Kier alpha value is -0.610. The predicted molar refractivity (Wildman–Crippen MR) is 73.8 cm³/mol. The van der Waals surface area contributed by atoms with E-state index in [1.165, 1.54) is 51.4 Å². The van der Waals surface area contributed by atoms with Gasteiger partial charge in [-0.1, -0.05) is 12.8 Å². The highest BCUT2D eigenvalue weighted by atomic mass is 16.3. The van der Waals surface area contributed by atoms with Crippen molar-refractivity contribution in [2.75, 3.05) is 19.7 Å². The van der Waals surface area contributed by atoms with E-state index in [4.69, 9.17) is 5.11 Å². The lowest BCUT2D eigenvalue weighted by Gasteiger charge is -2.31. The summed E-state index contributed by atoms with van der Waals surface area (Å²) in [6.07, 6.45) is 9.75. The van der Waals surface area contributed by atoms with Crippen molar-refractivity contribution in [3.05, 3.63) is 0 Å². The normalized spacial score (nSPS) is 24.1. The zero-order chi connectivity index (χ0) is 13.2. The monoisotopic (exact) mass is 266 g/mol. The van der Waals surface area contributed by atoms with E-state index < -0.39 is 0 Å². The molecule has 1 N–H and O–H groups in total. The first-order valence-corrected chi connectivity index (χ1v) is 7.95. The Balaban J connectivity index is 1.59. The minimum atomic E-state index is 0.163. The molecule has 3 saturated carbocycles. The van der Waals surface area contributed by atoms with Crippen molar-refractivity contribution in [1.29, 1.82) is 0 Å². The molecule has 3 aliphatic carbocycles. The van der Waals surface area contributed by atoms with Crippen molar-refractivity contribution in [3.63, 3.8) is 0 Å². The highest BCUT2D eigenvalue weighted by Crippen LogP contribution is 2.35. The minimum absolute atomic E-state index is 0.163. The molecule has 0 radical (unpaired) electrons. The van der Waals surface area contributed by atoms with Gasteiger partial charge in [0.05, 0.1) is 13.2 Å². The number of carbonyl (C=O) groups excluding carboxylic acids is 1. The third-order valence-electron chi connectivity index (χ3n) is 4.74. The average Bonchev–Trinajstić information content (AvgIpc) is 3.29. The van der Waals surface area contributed by atoms with E-state index in [1.54, 1.807) is 0 Å². The van der Waals surface area contributed by atoms with Crippen LogP contribution in [0.4, 0.5) is 0 Å². The Labute approximate surface area is 115 Å². The second-order valence-corrected chi connectivity index (χ2v) is 6.40. The fourth-order valence-corrected chi connectivity index (χ4v) is 3.45. The van der Waals surface area contributed by atoms with E-state index in [2.05, 4.69) is 9.80 Å². The van der Waals surface area contributed by atoms with E-state index >= 15 is 0 Å². The first-order valence-electron chi connectivity index (χ1n) is 7.95. The lowest BCUT2D eigenvalue weighted by Crippen LogP contribution is -2.47. The topological polar surface area (TPSA) is 43.8 Å². The van der Waals surface area contributed by atoms with Crippen LogP contribution >= 0.6 is 0 Å². The van der Waals surface area contributed by atoms with Crippen LogP contribution in [0.2, 0.25) is 0 Å². The number of carbonyl (C=O) groups is 1. The first kappa shape index (κ1) is 13.4. The van der Waals surface area contributed by atoms with Crippen molar-refractivity contribution in [2.24, 2.45) is 0 Å². The van der Waals surface area contributed by atoms with Crippen LogP contribution in [-0.2, 0) is 4.79 Å². The van der Waals surface area contributed by atoms with Crippen molar-refractivity contribution in [1.82, 2.24) is 9.80 Å². The standard InChI is InChI=1S/C15H26N2O2/c18-10-9-16(12-5-6-12)11-15(19)17(14-7-8-14)13-3-1-2-4-13/h12-14,18H,1-11H2. The fraction of sp³-hybridized carbons (Fsp3) is 0.933. The Morgan fingerprint density at radius 3 is 2.05 bits per heavy atom. The molecule has 0 heterocycles. The number of amides is 1. The number of rotatable bonds is 7. The van der Waals surface area contributed by atoms with Crippen LogP contribution in [0.3, 0.4) is 0 Å². The average molecular weight is 266 g/mol. The van der Waals surface area contributed by atoms with Crippen LogP contribution < -0.4 is 0 Å². The summed E-state index contributed by atoms with van der Waals surface area (Å²) in [6.45, 7) is 1.34. The van der Waals surface area contributed by atoms with Crippen LogP contribution in [0.25, 0.3) is 0 Å². The van der Waals surface area contributed by atoms with E-state index in [0.29, 0.717) is 37.1 Å². The van der Waals surface area contributed by atoms with Crippen LogP contribution in [0.15, 0.2) is 0 Å². The predicted octanol–water partition coefficient (Wildman–Crippen LogP) is 1.38. The fourth-order valence-electron chi connectivity index (χ4n) is 3.45. The molecule has 0 spiro atoms. The largest absolute Gasteiger partial charge is 0.395 e. The van der Waals surface area contributed by atoms with Gasteiger partial charge in [0.2, 0.25) is 5.91 Å². The summed E-state index contributed by atoms with van der Waals surface area (Å²) >= 11 is 0. The molecule has 0 unspecified atom stereocenters. The second kappa shape index (κ2) is 5.80. The summed E-state index contributed by atoms with van der Waals surface area (Å²) in [4.78, 5) is 17.0. The molecule has 0 bridgehead atoms. The summed E-state index contributed by atoms with van der Waals surface area (Å²) in [5.74, 6) is 0.315. The highest BCUT2D eigenvalue weighted by molar-refractivity contribution is 5.79. The number of hydrogen-bond donors (Lipinski definition) is 1. The SMILES string of the molecule is O=C(CN(CCO)C1CC1)N(C1CCCC1)C1CC1. The minimum Gasteiger partial charge on any atom is -0.395 e. The maximum atomic E-state index is 12.6. The Morgan fingerprint density at radius 2 is 1.53 bits per heavy atom. The lowest BCUT2D eigenvalue weighted by molar-refractivity contribution is -0.135. The van der Waals surface area contributed by atoms with Gasteiger partial charge in [0.25, 0.3) is 0 Å². The second-order valence-electron chi connectivity index (χ2n) is 6.40. The van der Waals surface area contributed by atoms with E-state index in [0.717, 1.165) is 0 Å². The van der Waals surface area contributed by atoms with Crippen LogP contribution in [0.1, 0.15) is 51.4 Å². The van der Waals surface area contributed by atoms with Gasteiger partial charge in [0, 0.05) is 24.7 Å². The van der Waals surface area contributed by atoms with E-state index in [9.17, 15) is 4.79 Å². The van der Waals surface area contributed by atoms with E-state index in [1.807, 2.05) is 0 Å². The third-order valence-corrected chi connectivity index (χ3v) is 4.74.